The Hall–Kier alpha value is -1.66. The summed E-state index contributed by atoms with van der Waals surface area (Å²) < 4.78 is 1.84. The Labute approximate surface area is 138 Å². The van der Waals surface area contributed by atoms with Gasteiger partial charge in [-0.25, -0.2) is 4.79 Å². The van der Waals surface area contributed by atoms with Crippen LogP contribution in [0.1, 0.15) is 11.6 Å². The van der Waals surface area contributed by atoms with Gasteiger partial charge in [-0.15, -0.1) is 0 Å². The molecular weight excluding hydrogens is 400 g/mol. The molecule has 1 heterocycles. The quantitative estimate of drug-likeness (QED) is 0.761. The van der Waals surface area contributed by atoms with Crippen LogP contribution >= 0.6 is 31.9 Å². The molecule has 0 bridgehead atoms. The number of nitrogens with zero attached hydrogens (tertiary/aromatic N) is 1. The highest BCUT2D eigenvalue weighted by molar-refractivity contribution is 9.10. The van der Waals surface area contributed by atoms with Crippen molar-refractivity contribution in [1.29, 1.82) is 0 Å². The zero-order valence-corrected chi connectivity index (χ0v) is 13.9. The number of hydrogen-bond acceptors (Lipinski definition) is 2. The number of carbonyl (C=O) groups excluding carboxylic acids is 2. The van der Waals surface area contributed by atoms with E-state index in [9.17, 15) is 9.59 Å². The molecule has 0 radical (unpaired) electrons. The first-order chi connectivity index (χ1) is 10.1. The first kappa shape index (κ1) is 14.3. The predicted octanol–water partition coefficient (Wildman–Crippen LogP) is 4.01. The highest BCUT2D eigenvalue weighted by atomic mass is 79.9. The van der Waals surface area contributed by atoms with Gasteiger partial charge in [0, 0.05) is 14.6 Å². The van der Waals surface area contributed by atoms with Crippen molar-refractivity contribution < 1.29 is 9.59 Å². The molecular formula is C15H10Br2N2O2. The number of benzene rings is 2. The number of rotatable bonds is 2. The van der Waals surface area contributed by atoms with Crippen molar-refractivity contribution in [3.63, 3.8) is 0 Å². The molecule has 0 aliphatic carbocycles. The maximum absolute atomic E-state index is 12.1. The molecule has 4 nitrogen and oxygen atoms in total. The molecule has 1 aliphatic heterocycles. The SMILES string of the molecule is O=C1NC(=O)N(c2ccc(Br)cc2)C1c1ccc(Br)cc1. The Kier molecular flexibility index (Phi) is 3.82. The number of halogens is 2. The van der Waals surface area contributed by atoms with Gasteiger partial charge in [-0.2, -0.15) is 0 Å². The lowest BCUT2D eigenvalue weighted by molar-refractivity contribution is -0.119. The number of carbonyl (C=O) groups is 2. The fourth-order valence-corrected chi connectivity index (χ4v) is 2.81. The summed E-state index contributed by atoms with van der Waals surface area (Å²) in [7, 11) is 0. The molecule has 21 heavy (non-hydrogen) atoms. The third-order valence-corrected chi connectivity index (χ3v) is 4.30. The van der Waals surface area contributed by atoms with Gasteiger partial charge in [-0.3, -0.25) is 15.0 Å². The molecule has 1 aliphatic rings. The van der Waals surface area contributed by atoms with Crippen LogP contribution in [-0.2, 0) is 4.79 Å². The van der Waals surface area contributed by atoms with E-state index in [1.54, 1.807) is 12.1 Å². The van der Waals surface area contributed by atoms with E-state index in [1.807, 2.05) is 36.4 Å². The lowest BCUT2D eigenvalue weighted by Gasteiger charge is -2.22. The minimum atomic E-state index is -0.647. The lowest BCUT2D eigenvalue weighted by atomic mass is 10.1. The minimum Gasteiger partial charge on any atom is -0.277 e. The summed E-state index contributed by atoms with van der Waals surface area (Å²) in [4.78, 5) is 25.7. The monoisotopic (exact) mass is 408 g/mol. The van der Waals surface area contributed by atoms with Crippen molar-refractivity contribution in [3.05, 3.63) is 63.0 Å². The zero-order chi connectivity index (χ0) is 15.0. The van der Waals surface area contributed by atoms with Crippen LogP contribution in [0.5, 0.6) is 0 Å². The van der Waals surface area contributed by atoms with E-state index in [2.05, 4.69) is 37.2 Å². The van der Waals surface area contributed by atoms with Gasteiger partial charge in [0.05, 0.1) is 0 Å². The molecule has 3 amide bonds. The van der Waals surface area contributed by atoms with Crippen molar-refractivity contribution in [1.82, 2.24) is 5.32 Å². The standard InChI is InChI=1S/C15H10Br2N2O2/c16-10-3-1-9(2-4-10)13-14(20)18-15(21)19(13)12-7-5-11(17)6-8-12/h1-8,13H,(H,18,20,21). The van der Waals surface area contributed by atoms with Gasteiger partial charge < -0.3 is 0 Å². The summed E-state index contributed by atoms with van der Waals surface area (Å²) in [5.41, 5.74) is 1.44. The van der Waals surface area contributed by atoms with E-state index in [0.717, 1.165) is 14.5 Å². The summed E-state index contributed by atoms with van der Waals surface area (Å²) in [5.74, 6) is -0.315. The van der Waals surface area contributed by atoms with Crippen LogP contribution in [-0.4, -0.2) is 11.9 Å². The largest absolute Gasteiger partial charge is 0.329 e. The Morgan fingerprint density at radius 2 is 1.38 bits per heavy atom. The van der Waals surface area contributed by atoms with Crippen LogP contribution in [0.15, 0.2) is 57.5 Å². The molecule has 1 atom stereocenters. The number of imide groups is 1. The first-order valence-corrected chi connectivity index (χ1v) is 7.80. The van der Waals surface area contributed by atoms with E-state index >= 15 is 0 Å². The number of nitrogens with one attached hydrogen (secondary N) is 1. The van der Waals surface area contributed by atoms with Crippen LogP contribution in [0.3, 0.4) is 0 Å². The molecule has 0 aromatic heterocycles. The summed E-state index contributed by atoms with van der Waals surface area (Å²) in [6.45, 7) is 0. The van der Waals surface area contributed by atoms with Crippen LogP contribution < -0.4 is 10.2 Å². The second-order valence-electron chi connectivity index (χ2n) is 4.59. The molecule has 1 fully saturated rings. The molecule has 0 spiro atoms. The van der Waals surface area contributed by atoms with Crippen molar-refractivity contribution in [2.45, 2.75) is 6.04 Å². The van der Waals surface area contributed by atoms with Crippen LogP contribution in [0, 0.1) is 0 Å². The molecule has 1 N–H and O–H groups in total. The fourth-order valence-electron chi connectivity index (χ4n) is 2.28. The highest BCUT2D eigenvalue weighted by Gasteiger charge is 2.40. The Morgan fingerprint density at radius 3 is 1.95 bits per heavy atom. The van der Waals surface area contributed by atoms with Gasteiger partial charge in [0.1, 0.15) is 6.04 Å². The summed E-state index contributed by atoms with van der Waals surface area (Å²) >= 11 is 6.72. The predicted molar refractivity (Wildman–Crippen MR) is 87.0 cm³/mol. The van der Waals surface area contributed by atoms with E-state index in [0.29, 0.717) is 5.69 Å². The van der Waals surface area contributed by atoms with Crippen molar-refractivity contribution in [3.8, 4) is 0 Å². The van der Waals surface area contributed by atoms with Gasteiger partial charge in [0.25, 0.3) is 5.91 Å². The normalized spacial score (nSPS) is 18.0. The summed E-state index contributed by atoms with van der Waals surface area (Å²) in [6.07, 6.45) is 0. The van der Waals surface area contributed by atoms with E-state index in [-0.39, 0.29) is 5.91 Å². The zero-order valence-electron chi connectivity index (χ0n) is 10.7. The Morgan fingerprint density at radius 1 is 0.857 bits per heavy atom. The average Bonchev–Trinajstić information content (AvgIpc) is 2.75. The van der Waals surface area contributed by atoms with Crippen molar-refractivity contribution in [2.24, 2.45) is 0 Å². The summed E-state index contributed by atoms with van der Waals surface area (Å²) in [5, 5.41) is 2.37. The van der Waals surface area contributed by atoms with Gasteiger partial charge in [-0.1, -0.05) is 44.0 Å². The van der Waals surface area contributed by atoms with Gasteiger partial charge in [-0.05, 0) is 42.0 Å². The Balaban J connectivity index is 2.03. The third kappa shape index (κ3) is 2.73. The first-order valence-electron chi connectivity index (χ1n) is 6.21. The maximum atomic E-state index is 12.1. The highest BCUT2D eigenvalue weighted by Crippen LogP contribution is 2.32. The minimum absolute atomic E-state index is 0.315. The van der Waals surface area contributed by atoms with E-state index < -0.39 is 12.1 Å². The fraction of sp³-hybridized carbons (Fsp3) is 0.0667. The summed E-state index contributed by atoms with van der Waals surface area (Å²) in [6, 6.07) is 13.6. The topological polar surface area (TPSA) is 49.4 Å². The molecule has 0 saturated carbocycles. The number of urea groups is 1. The van der Waals surface area contributed by atoms with Crippen LogP contribution in [0.2, 0.25) is 0 Å². The average molecular weight is 410 g/mol. The van der Waals surface area contributed by atoms with Gasteiger partial charge >= 0.3 is 6.03 Å². The third-order valence-electron chi connectivity index (χ3n) is 3.25. The lowest BCUT2D eigenvalue weighted by Crippen LogP contribution is -2.29. The second kappa shape index (κ2) is 5.61. The molecule has 106 valence electrons. The van der Waals surface area contributed by atoms with Gasteiger partial charge in [0.15, 0.2) is 0 Å². The molecule has 1 unspecified atom stereocenters. The van der Waals surface area contributed by atoms with Crippen LogP contribution in [0.25, 0.3) is 0 Å². The van der Waals surface area contributed by atoms with Crippen LogP contribution in [0.4, 0.5) is 10.5 Å². The molecule has 1 saturated heterocycles. The molecule has 2 aromatic rings. The van der Waals surface area contributed by atoms with Crippen molar-refractivity contribution in [2.75, 3.05) is 4.90 Å². The van der Waals surface area contributed by atoms with E-state index in [4.69, 9.17) is 0 Å². The van der Waals surface area contributed by atoms with E-state index in [1.165, 1.54) is 4.90 Å². The maximum Gasteiger partial charge on any atom is 0.329 e. The molecule has 2 aromatic carbocycles. The number of amides is 3. The Bertz CT molecular complexity index is 637. The molecule has 6 heteroatoms. The smallest absolute Gasteiger partial charge is 0.277 e. The molecule has 3 rings (SSSR count). The number of hydrogen-bond donors (Lipinski definition) is 1. The van der Waals surface area contributed by atoms with Gasteiger partial charge in [0.2, 0.25) is 0 Å². The van der Waals surface area contributed by atoms with Crippen molar-refractivity contribution >= 4 is 49.5 Å². The second-order valence-corrected chi connectivity index (χ2v) is 6.43. The number of anilines is 1.